The maximum atomic E-state index is 13.7. The van der Waals surface area contributed by atoms with Crippen LogP contribution >= 0.6 is 0 Å². The number of aliphatic hydroxyl groups is 1. The lowest BCUT2D eigenvalue weighted by molar-refractivity contribution is 0.0616. The van der Waals surface area contributed by atoms with Crippen molar-refractivity contribution in [2.45, 2.75) is 19.8 Å². The highest BCUT2D eigenvalue weighted by Gasteiger charge is 2.25. The number of likely N-dealkylation sites (tertiary alicyclic amines) is 1. The van der Waals surface area contributed by atoms with Gasteiger partial charge in [-0.3, -0.25) is 4.79 Å². The van der Waals surface area contributed by atoms with Gasteiger partial charge >= 0.3 is 0 Å². The lowest BCUT2D eigenvalue weighted by Gasteiger charge is -2.32. The molecular weight excluding hydrogens is 233 g/mol. The molecule has 1 atom stereocenters. The van der Waals surface area contributed by atoms with Gasteiger partial charge in [0.2, 0.25) is 0 Å². The molecule has 0 saturated carbocycles. The topological polar surface area (TPSA) is 40.5 Å². The molecule has 3 nitrogen and oxygen atoms in total. The molecule has 1 unspecified atom stereocenters. The Labute approximate surface area is 106 Å². The van der Waals surface area contributed by atoms with Crippen LogP contribution in [0.15, 0.2) is 18.2 Å². The van der Waals surface area contributed by atoms with Gasteiger partial charge in [0, 0.05) is 19.7 Å². The van der Waals surface area contributed by atoms with Crippen molar-refractivity contribution in [1.82, 2.24) is 4.90 Å². The number of aryl methyl sites for hydroxylation is 1. The van der Waals surface area contributed by atoms with Crippen LogP contribution in [0.4, 0.5) is 4.39 Å². The Kier molecular flexibility index (Phi) is 3.97. The number of carbonyl (C=O) groups excluding carboxylic acids is 1. The molecule has 1 aliphatic rings. The number of piperidine rings is 1. The summed E-state index contributed by atoms with van der Waals surface area (Å²) in [5.74, 6) is -0.623. The van der Waals surface area contributed by atoms with Crippen LogP contribution in [0, 0.1) is 18.7 Å². The summed E-state index contributed by atoms with van der Waals surface area (Å²) in [6.45, 7) is 3.08. The molecule has 1 aliphatic heterocycles. The fourth-order valence-corrected chi connectivity index (χ4v) is 2.37. The molecule has 0 spiro atoms. The number of carbonyl (C=O) groups is 1. The SMILES string of the molecule is Cc1ccc(F)c(C(=O)N2CCCC(CO)C2)c1. The number of benzene rings is 1. The number of amides is 1. The van der Waals surface area contributed by atoms with Gasteiger partial charge in [-0.25, -0.2) is 4.39 Å². The summed E-state index contributed by atoms with van der Waals surface area (Å²) in [7, 11) is 0. The second-order valence-corrected chi connectivity index (χ2v) is 4.93. The van der Waals surface area contributed by atoms with Gasteiger partial charge in [0.25, 0.3) is 5.91 Å². The van der Waals surface area contributed by atoms with E-state index in [1.54, 1.807) is 17.0 Å². The normalized spacial score (nSPS) is 19.9. The minimum absolute atomic E-state index is 0.0834. The molecule has 0 aromatic heterocycles. The molecule has 4 heteroatoms. The fourth-order valence-electron chi connectivity index (χ4n) is 2.37. The molecule has 18 heavy (non-hydrogen) atoms. The Bertz CT molecular complexity index is 447. The Hall–Kier alpha value is -1.42. The summed E-state index contributed by atoms with van der Waals surface area (Å²) in [6.07, 6.45) is 1.79. The molecular formula is C14H18FNO2. The average molecular weight is 251 g/mol. The zero-order valence-corrected chi connectivity index (χ0v) is 10.5. The highest BCUT2D eigenvalue weighted by Crippen LogP contribution is 2.20. The smallest absolute Gasteiger partial charge is 0.256 e. The summed E-state index contributed by atoms with van der Waals surface area (Å²) < 4.78 is 13.7. The van der Waals surface area contributed by atoms with E-state index in [1.807, 2.05) is 6.92 Å². The molecule has 1 heterocycles. The minimum atomic E-state index is -0.475. The molecule has 0 bridgehead atoms. The van der Waals surface area contributed by atoms with E-state index < -0.39 is 5.82 Å². The van der Waals surface area contributed by atoms with Crippen LogP contribution < -0.4 is 0 Å². The van der Waals surface area contributed by atoms with Gasteiger partial charge in [0.1, 0.15) is 5.82 Å². The van der Waals surface area contributed by atoms with Crippen molar-refractivity contribution in [2.24, 2.45) is 5.92 Å². The van der Waals surface area contributed by atoms with Crippen molar-refractivity contribution in [1.29, 1.82) is 0 Å². The average Bonchev–Trinajstić information content (AvgIpc) is 2.41. The Balaban J connectivity index is 2.17. The zero-order valence-electron chi connectivity index (χ0n) is 10.5. The van der Waals surface area contributed by atoms with E-state index in [9.17, 15) is 9.18 Å². The van der Waals surface area contributed by atoms with E-state index in [-0.39, 0.29) is 24.0 Å². The van der Waals surface area contributed by atoms with Crippen LogP contribution in [0.2, 0.25) is 0 Å². The van der Waals surface area contributed by atoms with Crippen LogP contribution in [0.1, 0.15) is 28.8 Å². The number of halogens is 1. The van der Waals surface area contributed by atoms with Crippen molar-refractivity contribution < 1.29 is 14.3 Å². The fraction of sp³-hybridized carbons (Fsp3) is 0.500. The third kappa shape index (κ3) is 2.70. The van der Waals surface area contributed by atoms with Gasteiger partial charge in [-0.2, -0.15) is 0 Å². The maximum absolute atomic E-state index is 13.7. The number of aliphatic hydroxyl groups excluding tert-OH is 1. The van der Waals surface area contributed by atoms with Crippen molar-refractivity contribution in [3.05, 3.63) is 35.1 Å². The number of hydrogen-bond donors (Lipinski definition) is 1. The van der Waals surface area contributed by atoms with Crippen LogP contribution in [-0.2, 0) is 0 Å². The van der Waals surface area contributed by atoms with E-state index in [2.05, 4.69) is 0 Å². The van der Waals surface area contributed by atoms with Crippen LogP contribution in [0.25, 0.3) is 0 Å². The third-order valence-corrected chi connectivity index (χ3v) is 3.42. The summed E-state index contributed by atoms with van der Waals surface area (Å²) in [5.41, 5.74) is 1.00. The summed E-state index contributed by atoms with van der Waals surface area (Å²) in [4.78, 5) is 13.9. The Morgan fingerprint density at radius 2 is 2.33 bits per heavy atom. The van der Waals surface area contributed by atoms with Crippen molar-refractivity contribution in [3.8, 4) is 0 Å². The number of hydrogen-bond acceptors (Lipinski definition) is 2. The Morgan fingerprint density at radius 3 is 3.06 bits per heavy atom. The molecule has 1 aromatic carbocycles. The van der Waals surface area contributed by atoms with E-state index >= 15 is 0 Å². The van der Waals surface area contributed by atoms with E-state index in [0.29, 0.717) is 13.1 Å². The van der Waals surface area contributed by atoms with Crippen molar-refractivity contribution >= 4 is 5.91 Å². The molecule has 2 rings (SSSR count). The second-order valence-electron chi connectivity index (χ2n) is 4.93. The molecule has 0 radical (unpaired) electrons. The van der Waals surface area contributed by atoms with Gasteiger partial charge in [0.15, 0.2) is 0 Å². The largest absolute Gasteiger partial charge is 0.396 e. The third-order valence-electron chi connectivity index (χ3n) is 3.42. The highest BCUT2D eigenvalue weighted by molar-refractivity contribution is 5.94. The van der Waals surface area contributed by atoms with Crippen LogP contribution in [0.5, 0.6) is 0 Å². The first-order valence-corrected chi connectivity index (χ1v) is 6.28. The number of nitrogens with zero attached hydrogens (tertiary/aromatic N) is 1. The summed E-state index contributed by atoms with van der Waals surface area (Å²) in [5, 5.41) is 9.15. The van der Waals surface area contributed by atoms with Gasteiger partial charge in [-0.1, -0.05) is 11.6 Å². The van der Waals surface area contributed by atoms with Gasteiger partial charge in [-0.05, 0) is 37.8 Å². The van der Waals surface area contributed by atoms with Gasteiger partial charge in [-0.15, -0.1) is 0 Å². The van der Waals surface area contributed by atoms with Crippen LogP contribution in [0.3, 0.4) is 0 Å². The van der Waals surface area contributed by atoms with Crippen molar-refractivity contribution in [3.63, 3.8) is 0 Å². The lowest BCUT2D eigenvalue weighted by Crippen LogP contribution is -2.41. The molecule has 1 aromatic rings. The molecule has 1 saturated heterocycles. The lowest BCUT2D eigenvalue weighted by atomic mass is 9.98. The predicted molar refractivity (Wildman–Crippen MR) is 66.9 cm³/mol. The summed E-state index contributed by atoms with van der Waals surface area (Å²) >= 11 is 0. The molecule has 1 N–H and O–H groups in total. The first kappa shape index (κ1) is 13.0. The highest BCUT2D eigenvalue weighted by atomic mass is 19.1. The molecule has 1 fully saturated rings. The van der Waals surface area contributed by atoms with Gasteiger partial charge in [0.05, 0.1) is 5.56 Å². The number of rotatable bonds is 2. The molecule has 0 aliphatic carbocycles. The monoisotopic (exact) mass is 251 g/mol. The second kappa shape index (κ2) is 5.48. The molecule has 1 amide bonds. The molecule has 98 valence electrons. The van der Waals surface area contributed by atoms with E-state index in [1.165, 1.54) is 6.07 Å². The minimum Gasteiger partial charge on any atom is -0.396 e. The van der Waals surface area contributed by atoms with Crippen molar-refractivity contribution in [2.75, 3.05) is 19.7 Å². The van der Waals surface area contributed by atoms with Gasteiger partial charge < -0.3 is 10.0 Å². The summed E-state index contributed by atoms with van der Waals surface area (Å²) in [6, 6.07) is 4.56. The quantitative estimate of drug-likeness (QED) is 0.873. The first-order valence-electron chi connectivity index (χ1n) is 6.28. The predicted octanol–water partition coefficient (Wildman–Crippen LogP) is 1.98. The standard InChI is InChI=1S/C14H18FNO2/c1-10-4-5-13(15)12(7-10)14(18)16-6-2-3-11(8-16)9-17/h4-5,7,11,17H,2-3,6,8-9H2,1H3. The van der Waals surface area contributed by atoms with E-state index in [4.69, 9.17) is 5.11 Å². The first-order chi connectivity index (χ1) is 8.61. The van der Waals surface area contributed by atoms with Crippen LogP contribution in [-0.4, -0.2) is 35.6 Å². The Morgan fingerprint density at radius 1 is 1.56 bits per heavy atom. The zero-order chi connectivity index (χ0) is 13.1. The maximum Gasteiger partial charge on any atom is 0.256 e. The van der Waals surface area contributed by atoms with E-state index in [0.717, 1.165) is 18.4 Å².